The number of hydrogen-bond acceptors (Lipinski definition) is 6. The average Bonchev–Trinajstić information content (AvgIpc) is 3.12. The van der Waals surface area contributed by atoms with Gasteiger partial charge in [-0.25, -0.2) is 4.98 Å². The number of halogens is 1. The molecule has 0 aliphatic carbocycles. The third kappa shape index (κ3) is 4.28. The van der Waals surface area contributed by atoms with Gasteiger partial charge in [0, 0.05) is 13.1 Å². The first kappa shape index (κ1) is 19.8. The first-order valence-electron chi connectivity index (χ1n) is 9.57. The molecular weight excluding hydrogens is 410 g/mol. The molecular formula is C20H22ClN5O2S. The Morgan fingerprint density at radius 3 is 3.00 bits per heavy atom. The molecule has 1 aromatic carbocycles. The van der Waals surface area contributed by atoms with E-state index in [9.17, 15) is 9.59 Å². The van der Waals surface area contributed by atoms with Gasteiger partial charge in [-0.2, -0.15) is 4.98 Å². The molecule has 0 bridgehead atoms. The van der Waals surface area contributed by atoms with Crippen LogP contribution in [0.1, 0.15) is 25.3 Å². The fourth-order valence-electron chi connectivity index (χ4n) is 3.51. The predicted molar refractivity (Wildman–Crippen MR) is 117 cm³/mol. The summed E-state index contributed by atoms with van der Waals surface area (Å²) in [7, 11) is 0. The van der Waals surface area contributed by atoms with Crippen LogP contribution in [0.15, 0.2) is 29.3 Å². The van der Waals surface area contributed by atoms with Gasteiger partial charge in [-0.1, -0.05) is 35.9 Å². The largest absolute Gasteiger partial charge is 0.348 e. The molecule has 2 aromatic heterocycles. The summed E-state index contributed by atoms with van der Waals surface area (Å²) in [5.74, 6) is 0.270. The number of carbonyl (C=O) groups excluding carboxylic acids is 1. The lowest BCUT2D eigenvalue weighted by Crippen LogP contribution is -2.34. The molecule has 7 nitrogen and oxygen atoms in total. The number of aryl methyl sites for hydroxylation is 1. The summed E-state index contributed by atoms with van der Waals surface area (Å²) in [6.45, 7) is 5.89. The van der Waals surface area contributed by atoms with E-state index in [2.05, 4.69) is 27.1 Å². The summed E-state index contributed by atoms with van der Waals surface area (Å²) in [6.07, 6.45) is 3.71. The minimum atomic E-state index is -0.339. The summed E-state index contributed by atoms with van der Waals surface area (Å²) in [6, 6.07) is 5.38. The molecule has 0 radical (unpaired) electrons. The number of rotatable bonds is 4. The van der Waals surface area contributed by atoms with Crippen molar-refractivity contribution in [1.29, 1.82) is 0 Å². The number of piperidine rings is 1. The van der Waals surface area contributed by atoms with Crippen LogP contribution >= 0.6 is 22.9 Å². The number of benzene rings is 1. The van der Waals surface area contributed by atoms with Crippen molar-refractivity contribution >= 4 is 50.0 Å². The zero-order chi connectivity index (χ0) is 20.5. The Balaban J connectivity index is 1.54. The molecule has 3 heterocycles. The van der Waals surface area contributed by atoms with Crippen LogP contribution in [-0.4, -0.2) is 33.5 Å². The standard InChI is InChI=1S/C20H22ClN5O2S/c1-12-5-6-15(14(21)8-12)23-16(27)10-26-11-22-18-17(19(26)28)29-20(24-18)25-7-3-4-13(2)9-25/h5-6,8,11,13H,3-4,7,9-10H2,1-2H3,(H,23,27)/t13-/m0/s1. The second kappa shape index (κ2) is 8.12. The maximum Gasteiger partial charge on any atom is 0.273 e. The second-order valence-corrected chi connectivity index (χ2v) is 8.94. The molecule has 0 saturated carbocycles. The lowest BCUT2D eigenvalue weighted by atomic mass is 10.0. The number of nitrogens with zero attached hydrogens (tertiary/aromatic N) is 4. The Morgan fingerprint density at radius 2 is 2.24 bits per heavy atom. The highest BCUT2D eigenvalue weighted by Crippen LogP contribution is 2.29. The molecule has 3 aromatic rings. The number of anilines is 2. The fourth-order valence-corrected chi connectivity index (χ4v) is 4.80. The van der Waals surface area contributed by atoms with Crippen molar-refractivity contribution in [2.24, 2.45) is 5.92 Å². The fraction of sp³-hybridized carbons (Fsp3) is 0.400. The molecule has 1 atom stereocenters. The highest BCUT2D eigenvalue weighted by Gasteiger charge is 2.21. The molecule has 1 fully saturated rings. The van der Waals surface area contributed by atoms with Crippen LogP contribution in [0.4, 0.5) is 10.8 Å². The Hall–Kier alpha value is -2.45. The summed E-state index contributed by atoms with van der Waals surface area (Å²) in [4.78, 5) is 36.3. The Bertz CT molecular complexity index is 1130. The van der Waals surface area contributed by atoms with Gasteiger partial charge in [0.15, 0.2) is 10.8 Å². The molecule has 1 aliphatic rings. The van der Waals surface area contributed by atoms with Gasteiger partial charge in [0.1, 0.15) is 17.6 Å². The summed E-state index contributed by atoms with van der Waals surface area (Å²) < 4.78 is 1.78. The molecule has 4 rings (SSSR count). The van der Waals surface area contributed by atoms with E-state index in [1.165, 1.54) is 28.7 Å². The highest BCUT2D eigenvalue weighted by atomic mass is 35.5. The van der Waals surface area contributed by atoms with Crippen molar-refractivity contribution in [2.45, 2.75) is 33.2 Å². The number of aromatic nitrogens is 3. The zero-order valence-electron chi connectivity index (χ0n) is 16.3. The zero-order valence-corrected chi connectivity index (χ0v) is 17.9. The van der Waals surface area contributed by atoms with Gasteiger partial charge in [0.25, 0.3) is 5.56 Å². The van der Waals surface area contributed by atoms with Gasteiger partial charge in [-0.15, -0.1) is 0 Å². The van der Waals surface area contributed by atoms with Crippen LogP contribution in [0.2, 0.25) is 5.02 Å². The van der Waals surface area contributed by atoms with Crippen LogP contribution < -0.4 is 15.8 Å². The number of nitrogens with one attached hydrogen (secondary N) is 1. The first-order valence-corrected chi connectivity index (χ1v) is 10.8. The van der Waals surface area contributed by atoms with Gasteiger partial charge < -0.3 is 10.2 Å². The van der Waals surface area contributed by atoms with Gasteiger partial charge in [-0.3, -0.25) is 14.2 Å². The van der Waals surface area contributed by atoms with Crippen molar-refractivity contribution in [2.75, 3.05) is 23.3 Å². The van der Waals surface area contributed by atoms with Crippen LogP contribution in [0.5, 0.6) is 0 Å². The van der Waals surface area contributed by atoms with E-state index in [1.54, 1.807) is 12.1 Å². The molecule has 1 saturated heterocycles. The Morgan fingerprint density at radius 1 is 1.41 bits per heavy atom. The number of fused-ring (bicyclic) bond motifs is 1. The quantitative estimate of drug-likeness (QED) is 0.681. The summed E-state index contributed by atoms with van der Waals surface area (Å²) in [5, 5.41) is 4.03. The number of thiazole rings is 1. The topological polar surface area (TPSA) is 80.1 Å². The highest BCUT2D eigenvalue weighted by molar-refractivity contribution is 7.22. The second-order valence-electron chi connectivity index (χ2n) is 7.55. The minimum Gasteiger partial charge on any atom is -0.348 e. The number of carbonyl (C=O) groups is 1. The van der Waals surface area contributed by atoms with Gasteiger partial charge in [0.05, 0.1) is 10.7 Å². The molecule has 1 N–H and O–H groups in total. The lowest BCUT2D eigenvalue weighted by Gasteiger charge is -2.30. The third-order valence-corrected chi connectivity index (χ3v) is 6.42. The van der Waals surface area contributed by atoms with Gasteiger partial charge in [-0.05, 0) is 43.4 Å². The van der Waals surface area contributed by atoms with E-state index in [4.69, 9.17) is 11.6 Å². The monoisotopic (exact) mass is 431 g/mol. The molecule has 152 valence electrons. The van der Waals surface area contributed by atoms with E-state index in [0.29, 0.717) is 27.0 Å². The number of hydrogen-bond donors (Lipinski definition) is 1. The minimum absolute atomic E-state index is 0.139. The lowest BCUT2D eigenvalue weighted by molar-refractivity contribution is -0.116. The van der Waals surface area contributed by atoms with Crippen molar-refractivity contribution in [3.05, 3.63) is 45.5 Å². The normalized spacial score (nSPS) is 16.9. The van der Waals surface area contributed by atoms with Crippen LogP contribution in [-0.2, 0) is 11.3 Å². The number of amides is 1. The van der Waals surface area contributed by atoms with Crippen LogP contribution in [0, 0.1) is 12.8 Å². The van der Waals surface area contributed by atoms with E-state index in [1.807, 2.05) is 13.0 Å². The third-order valence-electron chi connectivity index (χ3n) is 5.01. The van der Waals surface area contributed by atoms with E-state index in [-0.39, 0.29) is 18.0 Å². The Labute approximate surface area is 177 Å². The molecule has 29 heavy (non-hydrogen) atoms. The average molecular weight is 432 g/mol. The molecule has 1 aliphatic heterocycles. The maximum atomic E-state index is 12.9. The van der Waals surface area contributed by atoms with E-state index >= 15 is 0 Å². The maximum absolute atomic E-state index is 12.9. The molecule has 1 amide bonds. The summed E-state index contributed by atoms with van der Waals surface area (Å²) in [5.41, 5.74) is 1.70. The van der Waals surface area contributed by atoms with Crippen molar-refractivity contribution < 1.29 is 4.79 Å². The predicted octanol–water partition coefficient (Wildman–Crippen LogP) is 3.69. The van der Waals surface area contributed by atoms with Gasteiger partial charge in [0.2, 0.25) is 5.91 Å². The van der Waals surface area contributed by atoms with E-state index in [0.717, 1.165) is 30.2 Å². The smallest absolute Gasteiger partial charge is 0.273 e. The first-order chi connectivity index (χ1) is 13.9. The van der Waals surface area contributed by atoms with Gasteiger partial charge >= 0.3 is 0 Å². The summed E-state index contributed by atoms with van der Waals surface area (Å²) >= 11 is 7.51. The molecule has 0 spiro atoms. The molecule has 9 heteroatoms. The molecule has 0 unspecified atom stereocenters. The van der Waals surface area contributed by atoms with Crippen molar-refractivity contribution in [3.8, 4) is 0 Å². The Kier molecular flexibility index (Phi) is 5.56. The SMILES string of the molecule is Cc1ccc(NC(=O)Cn2cnc3nc(N4CCC[C@H](C)C4)sc3c2=O)c(Cl)c1. The van der Waals surface area contributed by atoms with Crippen LogP contribution in [0.3, 0.4) is 0 Å². The van der Waals surface area contributed by atoms with Crippen LogP contribution in [0.25, 0.3) is 10.3 Å². The van der Waals surface area contributed by atoms with E-state index < -0.39 is 0 Å². The van der Waals surface area contributed by atoms with Crippen molar-refractivity contribution in [1.82, 2.24) is 14.5 Å². The van der Waals surface area contributed by atoms with Crippen molar-refractivity contribution in [3.63, 3.8) is 0 Å².